The first-order valence-electron chi connectivity index (χ1n) is 5.45. The maximum Gasteiger partial charge on any atom is 0.163 e. The lowest BCUT2D eigenvalue weighted by atomic mass is 10.1. The Morgan fingerprint density at radius 2 is 2.24 bits per heavy atom. The first kappa shape index (κ1) is 13.2. The Morgan fingerprint density at radius 1 is 1.47 bits per heavy atom. The van der Waals surface area contributed by atoms with Gasteiger partial charge in [-0.25, -0.2) is 4.39 Å². The van der Waals surface area contributed by atoms with Crippen LogP contribution >= 0.6 is 0 Å². The number of nitriles is 1. The molecule has 0 radical (unpaired) electrons. The Balaban J connectivity index is 2.59. The quantitative estimate of drug-likeness (QED) is 0.562. The largest absolute Gasteiger partial charge is 0.493 e. The predicted molar refractivity (Wildman–Crippen MR) is 61.4 cm³/mol. The molecule has 0 amide bonds. The minimum absolute atomic E-state index is 0.225. The highest BCUT2D eigenvalue weighted by Crippen LogP contribution is 2.20. The van der Waals surface area contributed by atoms with E-state index in [0.717, 1.165) is 12.8 Å². The summed E-state index contributed by atoms with van der Waals surface area (Å²) in [7, 11) is 0. The van der Waals surface area contributed by atoms with Crippen molar-refractivity contribution in [2.75, 3.05) is 6.61 Å². The Kier molecular flexibility index (Phi) is 5.15. The second kappa shape index (κ2) is 6.64. The smallest absolute Gasteiger partial charge is 0.163 e. The number of carbonyl (C=O) groups excluding carboxylic acids is 1. The van der Waals surface area contributed by atoms with Crippen LogP contribution in [0.4, 0.5) is 4.39 Å². The van der Waals surface area contributed by atoms with Gasteiger partial charge in [0.2, 0.25) is 0 Å². The van der Waals surface area contributed by atoms with Crippen molar-refractivity contribution in [2.24, 2.45) is 0 Å². The van der Waals surface area contributed by atoms with Crippen molar-refractivity contribution in [3.05, 3.63) is 29.6 Å². The lowest BCUT2D eigenvalue weighted by Crippen LogP contribution is -2.03. The molecule has 0 heterocycles. The minimum atomic E-state index is -0.452. The number of unbranched alkanes of at least 4 members (excludes halogenated alkanes) is 2. The minimum Gasteiger partial charge on any atom is -0.493 e. The van der Waals surface area contributed by atoms with Crippen molar-refractivity contribution < 1.29 is 13.9 Å². The molecular formula is C13H14FNO2. The van der Waals surface area contributed by atoms with Gasteiger partial charge in [0.15, 0.2) is 5.78 Å². The normalized spacial score (nSPS) is 9.71. The number of benzene rings is 1. The molecule has 1 aromatic rings. The van der Waals surface area contributed by atoms with E-state index >= 15 is 0 Å². The summed E-state index contributed by atoms with van der Waals surface area (Å²) in [5.41, 5.74) is 0.255. The molecule has 0 atom stereocenters. The standard InChI is InChI=1S/C13H14FNO2/c1-10(16)12-9-11(14)5-6-13(12)17-8-4-2-3-7-15/h5-6,9H,2-4,8H2,1H3. The summed E-state index contributed by atoms with van der Waals surface area (Å²) in [4.78, 5) is 11.3. The Bertz CT molecular complexity index is 438. The SMILES string of the molecule is CC(=O)c1cc(F)ccc1OCCCCC#N. The summed E-state index contributed by atoms with van der Waals surface area (Å²) in [6.45, 7) is 1.80. The molecule has 0 spiro atoms. The Hall–Kier alpha value is -1.89. The van der Waals surface area contributed by atoms with E-state index in [1.807, 2.05) is 6.07 Å². The van der Waals surface area contributed by atoms with Gasteiger partial charge in [0, 0.05) is 6.42 Å². The molecule has 0 aliphatic carbocycles. The average molecular weight is 235 g/mol. The van der Waals surface area contributed by atoms with Crippen molar-refractivity contribution in [1.82, 2.24) is 0 Å². The third kappa shape index (κ3) is 4.23. The van der Waals surface area contributed by atoms with Gasteiger partial charge in [0.1, 0.15) is 11.6 Å². The molecule has 3 nitrogen and oxygen atoms in total. The number of carbonyl (C=O) groups is 1. The van der Waals surface area contributed by atoms with Crippen LogP contribution in [0.2, 0.25) is 0 Å². The van der Waals surface area contributed by atoms with Crippen LogP contribution in [0.25, 0.3) is 0 Å². The molecule has 0 unspecified atom stereocenters. The summed E-state index contributed by atoms with van der Waals surface area (Å²) in [5, 5.41) is 8.35. The number of ketones is 1. The molecule has 17 heavy (non-hydrogen) atoms. The van der Waals surface area contributed by atoms with Gasteiger partial charge in [-0.05, 0) is 38.0 Å². The maximum absolute atomic E-state index is 13.0. The number of halogens is 1. The average Bonchev–Trinajstić information content (AvgIpc) is 2.30. The van der Waals surface area contributed by atoms with Crippen molar-refractivity contribution in [3.8, 4) is 11.8 Å². The molecule has 0 fully saturated rings. The van der Waals surface area contributed by atoms with Gasteiger partial charge in [-0.2, -0.15) is 5.26 Å². The van der Waals surface area contributed by atoms with Crippen LogP contribution in [0.3, 0.4) is 0 Å². The van der Waals surface area contributed by atoms with Gasteiger partial charge in [0.05, 0.1) is 18.2 Å². The fourth-order valence-corrected chi connectivity index (χ4v) is 1.39. The van der Waals surface area contributed by atoms with E-state index in [1.165, 1.54) is 25.1 Å². The number of nitrogens with zero attached hydrogens (tertiary/aromatic N) is 1. The Morgan fingerprint density at radius 3 is 2.88 bits per heavy atom. The van der Waals surface area contributed by atoms with Crippen molar-refractivity contribution in [1.29, 1.82) is 5.26 Å². The Labute approximate surface area is 99.8 Å². The summed E-state index contributed by atoms with van der Waals surface area (Å²) >= 11 is 0. The fourth-order valence-electron chi connectivity index (χ4n) is 1.39. The topological polar surface area (TPSA) is 50.1 Å². The number of ether oxygens (including phenoxy) is 1. The van der Waals surface area contributed by atoms with E-state index in [-0.39, 0.29) is 11.3 Å². The summed E-state index contributed by atoms with van der Waals surface area (Å²) < 4.78 is 18.4. The lowest BCUT2D eigenvalue weighted by Gasteiger charge is -2.09. The first-order chi connectivity index (χ1) is 8.15. The molecule has 90 valence electrons. The van der Waals surface area contributed by atoms with Crippen LogP contribution in [0.1, 0.15) is 36.5 Å². The van der Waals surface area contributed by atoms with E-state index in [0.29, 0.717) is 18.8 Å². The zero-order valence-corrected chi connectivity index (χ0v) is 9.70. The van der Waals surface area contributed by atoms with E-state index in [2.05, 4.69) is 0 Å². The zero-order valence-electron chi connectivity index (χ0n) is 9.70. The van der Waals surface area contributed by atoms with E-state index in [1.54, 1.807) is 0 Å². The molecule has 0 N–H and O–H groups in total. The van der Waals surface area contributed by atoms with Crippen LogP contribution < -0.4 is 4.74 Å². The van der Waals surface area contributed by atoms with Crippen LogP contribution in [0.15, 0.2) is 18.2 Å². The summed E-state index contributed by atoms with van der Waals surface area (Å²) in [6, 6.07) is 5.93. The second-order valence-electron chi connectivity index (χ2n) is 3.66. The first-order valence-corrected chi connectivity index (χ1v) is 5.45. The number of hydrogen-bond donors (Lipinski definition) is 0. The monoisotopic (exact) mass is 235 g/mol. The van der Waals surface area contributed by atoms with E-state index in [9.17, 15) is 9.18 Å². The third-order valence-electron chi connectivity index (χ3n) is 2.26. The van der Waals surface area contributed by atoms with Crippen molar-refractivity contribution in [2.45, 2.75) is 26.2 Å². The van der Waals surface area contributed by atoms with E-state index < -0.39 is 5.82 Å². The molecule has 0 saturated carbocycles. The van der Waals surface area contributed by atoms with Gasteiger partial charge in [-0.1, -0.05) is 0 Å². The molecule has 0 bridgehead atoms. The van der Waals surface area contributed by atoms with Gasteiger partial charge < -0.3 is 4.74 Å². The van der Waals surface area contributed by atoms with Gasteiger partial charge >= 0.3 is 0 Å². The molecule has 0 aliphatic heterocycles. The van der Waals surface area contributed by atoms with Crippen LogP contribution in [-0.2, 0) is 0 Å². The molecule has 0 saturated heterocycles. The van der Waals surface area contributed by atoms with E-state index in [4.69, 9.17) is 10.00 Å². The van der Waals surface area contributed by atoms with Gasteiger partial charge in [0.25, 0.3) is 0 Å². The number of rotatable bonds is 6. The maximum atomic E-state index is 13.0. The molecular weight excluding hydrogens is 221 g/mol. The zero-order chi connectivity index (χ0) is 12.7. The number of Topliss-reactive ketones (excluding diaryl/α,β-unsaturated/α-hetero) is 1. The molecule has 0 aliphatic rings. The molecule has 4 heteroatoms. The highest BCUT2D eigenvalue weighted by Gasteiger charge is 2.09. The van der Waals surface area contributed by atoms with Crippen molar-refractivity contribution >= 4 is 5.78 Å². The lowest BCUT2D eigenvalue weighted by molar-refractivity contribution is 0.101. The third-order valence-corrected chi connectivity index (χ3v) is 2.26. The summed E-state index contributed by atoms with van der Waals surface area (Å²) in [5.74, 6) is -0.278. The summed E-state index contributed by atoms with van der Waals surface area (Å²) in [6.07, 6.45) is 1.99. The van der Waals surface area contributed by atoms with Crippen LogP contribution in [0.5, 0.6) is 5.75 Å². The predicted octanol–water partition coefficient (Wildman–Crippen LogP) is 3.10. The van der Waals surface area contributed by atoms with Gasteiger partial charge in [-0.15, -0.1) is 0 Å². The number of hydrogen-bond acceptors (Lipinski definition) is 3. The highest BCUT2D eigenvalue weighted by molar-refractivity contribution is 5.96. The van der Waals surface area contributed by atoms with Crippen LogP contribution in [0, 0.1) is 17.1 Å². The molecule has 0 aromatic heterocycles. The molecule has 1 aromatic carbocycles. The second-order valence-corrected chi connectivity index (χ2v) is 3.66. The van der Waals surface area contributed by atoms with Crippen molar-refractivity contribution in [3.63, 3.8) is 0 Å². The highest BCUT2D eigenvalue weighted by atomic mass is 19.1. The molecule has 1 rings (SSSR count). The fraction of sp³-hybridized carbons (Fsp3) is 0.385. The van der Waals surface area contributed by atoms with Gasteiger partial charge in [-0.3, -0.25) is 4.79 Å². The van der Waals surface area contributed by atoms with Crippen LogP contribution in [-0.4, -0.2) is 12.4 Å².